The Balaban J connectivity index is 0.00000169. The molecule has 3 N–H and O–H groups in total. The molecule has 0 amide bonds. The fraction of sp³-hybridized carbons (Fsp3) is 0.333. The molecular weight excluding hydrogens is 272 g/mol. The van der Waals surface area contributed by atoms with E-state index in [0.717, 1.165) is 0 Å². The van der Waals surface area contributed by atoms with Crippen LogP contribution in [0, 0.1) is 5.82 Å². The lowest BCUT2D eigenvalue weighted by Gasteiger charge is -2.13. The molecule has 1 aromatic rings. The zero-order chi connectivity index (χ0) is 10.0. The fourth-order valence-corrected chi connectivity index (χ4v) is 1.46. The van der Waals surface area contributed by atoms with Crippen molar-refractivity contribution in [3.05, 3.63) is 28.0 Å². The lowest BCUT2D eigenvalue weighted by Crippen LogP contribution is -2.11. The number of hydrogen-bond donors (Lipinski definition) is 2. The van der Waals surface area contributed by atoms with Gasteiger partial charge in [0.1, 0.15) is 11.6 Å². The second kappa shape index (κ2) is 5.53. The highest BCUT2D eigenvalue weighted by molar-refractivity contribution is 9.10. The van der Waals surface area contributed by atoms with E-state index >= 15 is 0 Å². The molecule has 2 nitrogen and oxygen atoms in total. The Morgan fingerprint density at radius 2 is 2.14 bits per heavy atom. The van der Waals surface area contributed by atoms with Crippen molar-refractivity contribution in [3.63, 3.8) is 0 Å². The van der Waals surface area contributed by atoms with Gasteiger partial charge < -0.3 is 10.8 Å². The van der Waals surface area contributed by atoms with Crippen molar-refractivity contribution in [2.45, 2.75) is 19.4 Å². The molecule has 0 saturated carbocycles. The Bertz CT molecular complexity index is 322. The van der Waals surface area contributed by atoms with Crippen LogP contribution in [0.1, 0.15) is 24.9 Å². The van der Waals surface area contributed by atoms with Crippen molar-refractivity contribution in [1.29, 1.82) is 0 Å². The van der Waals surface area contributed by atoms with Gasteiger partial charge in [-0.1, -0.05) is 6.92 Å². The SMILES string of the molecule is CC[C@@H](N)c1c(F)ccc(Br)c1O.Cl. The number of benzene rings is 1. The van der Waals surface area contributed by atoms with Gasteiger partial charge in [0, 0.05) is 11.6 Å². The standard InChI is InChI=1S/C9H11BrFNO.ClH/c1-2-7(12)8-6(11)4-3-5(10)9(8)13;/h3-4,7,13H,2,12H2,1H3;1H/t7-;/m1./s1. The highest BCUT2D eigenvalue weighted by Crippen LogP contribution is 2.33. The predicted molar refractivity (Wildman–Crippen MR) is 60.2 cm³/mol. The van der Waals surface area contributed by atoms with E-state index in [0.29, 0.717) is 10.9 Å². The molecular formula is C9H12BrClFNO. The number of rotatable bonds is 2. The number of phenols is 1. The molecule has 0 aliphatic heterocycles. The van der Waals surface area contributed by atoms with E-state index in [2.05, 4.69) is 15.9 Å². The molecule has 0 bridgehead atoms. The van der Waals surface area contributed by atoms with Gasteiger partial charge in [0.05, 0.1) is 4.47 Å². The highest BCUT2D eigenvalue weighted by Gasteiger charge is 2.16. The van der Waals surface area contributed by atoms with Crippen LogP contribution in [0.4, 0.5) is 4.39 Å². The molecule has 1 rings (SSSR count). The zero-order valence-electron chi connectivity index (χ0n) is 7.63. The number of phenolic OH excluding ortho intramolecular Hbond substituents is 1. The second-order valence-corrected chi connectivity index (χ2v) is 3.66. The van der Waals surface area contributed by atoms with E-state index < -0.39 is 11.9 Å². The molecule has 14 heavy (non-hydrogen) atoms. The summed E-state index contributed by atoms with van der Waals surface area (Å²) < 4.78 is 13.7. The Morgan fingerprint density at radius 3 is 2.64 bits per heavy atom. The van der Waals surface area contributed by atoms with Crippen LogP contribution >= 0.6 is 28.3 Å². The van der Waals surface area contributed by atoms with Gasteiger partial charge in [-0.15, -0.1) is 12.4 Å². The van der Waals surface area contributed by atoms with Gasteiger partial charge in [0.25, 0.3) is 0 Å². The lowest BCUT2D eigenvalue weighted by atomic mass is 10.0. The van der Waals surface area contributed by atoms with Crippen molar-refractivity contribution in [2.75, 3.05) is 0 Å². The number of nitrogens with two attached hydrogens (primary N) is 1. The molecule has 0 aliphatic carbocycles. The summed E-state index contributed by atoms with van der Waals surface area (Å²) in [6.07, 6.45) is 0.584. The molecule has 0 fully saturated rings. The van der Waals surface area contributed by atoms with E-state index in [-0.39, 0.29) is 23.7 Å². The molecule has 5 heteroatoms. The Kier molecular flexibility index (Phi) is 5.41. The van der Waals surface area contributed by atoms with Crippen molar-refractivity contribution < 1.29 is 9.50 Å². The molecule has 1 atom stereocenters. The van der Waals surface area contributed by atoms with Crippen LogP contribution in [-0.4, -0.2) is 5.11 Å². The van der Waals surface area contributed by atoms with Crippen LogP contribution in [-0.2, 0) is 0 Å². The van der Waals surface area contributed by atoms with Crippen LogP contribution in [0.3, 0.4) is 0 Å². The van der Waals surface area contributed by atoms with Crippen LogP contribution in [0.25, 0.3) is 0 Å². The third-order valence-electron chi connectivity index (χ3n) is 1.93. The second-order valence-electron chi connectivity index (χ2n) is 2.81. The minimum Gasteiger partial charge on any atom is -0.506 e. The monoisotopic (exact) mass is 283 g/mol. The van der Waals surface area contributed by atoms with E-state index in [9.17, 15) is 9.50 Å². The summed E-state index contributed by atoms with van der Waals surface area (Å²) in [6.45, 7) is 1.84. The average molecular weight is 285 g/mol. The average Bonchev–Trinajstić information content (AvgIpc) is 2.12. The Hall–Kier alpha value is -0.320. The summed E-state index contributed by atoms with van der Waals surface area (Å²) in [5.41, 5.74) is 5.82. The predicted octanol–water partition coefficient (Wildman–Crippen LogP) is 3.13. The first-order valence-electron chi connectivity index (χ1n) is 4.00. The lowest BCUT2D eigenvalue weighted by molar-refractivity contribution is 0.444. The fourth-order valence-electron chi connectivity index (χ4n) is 1.11. The number of aromatic hydroxyl groups is 1. The third kappa shape index (κ3) is 2.59. The molecule has 0 aliphatic rings. The van der Waals surface area contributed by atoms with Crippen molar-refractivity contribution in [1.82, 2.24) is 0 Å². The smallest absolute Gasteiger partial charge is 0.137 e. The Morgan fingerprint density at radius 1 is 1.57 bits per heavy atom. The summed E-state index contributed by atoms with van der Waals surface area (Å²) in [5, 5.41) is 9.51. The minimum absolute atomic E-state index is 0. The maximum Gasteiger partial charge on any atom is 0.137 e. The van der Waals surface area contributed by atoms with Gasteiger partial charge in [-0.2, -0.15) is 0 Å². The van der Waals surface area contributed by atoms with Gasteiger partial charge >= 0.3 is 0 Å². The van der Waals surface area contributed by atoms with Crippen LogP contribution in [0.2, 0.25) is 0 Å². The highest BCUT2D eigenvalue weighted by atomic mass is 79.9. The van der Waals surface area contributed by atoms with E-state index in [4.69, 9.17) is 5.73 Å². The summed E-state index contributed by atoms with van der Waals surface area (Å²) in [4.78, 5) is 0. The topological polar surface area (TPSA) is 46.2 Å². The van der Waals surface area contributed by atoms with Gasteiger partial charge in [-0.3, -0.25) is 0 Å². The largest absolute Gasteiger partial charge is 0.506 e. The molecule has 0 spiro atoms. The maximum atomic E-state index is 13.2. The summed E-state index contributed by atoms with van der Waals surface area (Å²) in [6, 6.07) is 2.28. The van der Waals surface area contributed by atoms with Crippen molar-refractivity contribution in [3.8, 4) is 5.75 Å². The van der Waals surface area contributed by atoms with Crippen LogP contribution in [0.5, 0.6) is 5.75 Å². The van der Waals surface area contributed by atoms with Crippen molar-refractivity contribution in [2.24, 2.45) is 5.73 Å². The summed E-state index contributed by atoms with van der Waals surface area (Å²) >= 11 is 3.11. The molecule has 0 heterocycles. The molecule has 0 aromatic heterocycles. The van der Waals surface area contributed by atoms with Crippen molar-refractivity contribution >= 4 is 28.3 Å². The molecule has 80 valence electrons. The molecule has 0 saturated heterocycles. The Labute approximate surface area is 96.8 Å². The van der Waals surface area contributed by atoms with Crippen LogP contribution < -0.4 is 5.73 Å². The van der Waals surface area contributed by atoms with E-state index in [1.54, 1.807) is 0 Å². The van der Waals surface area contributed by atoms with Gasteiger partial charge in [0.15, 0.2) is 0 Å². The summed E-state index contributed by atoms with van der Waals surface area (Å²) in [7, 11) is 0. The third-order valence-corrected chi connectivity index (χ3v) is 2.57. The number of hydrogen-bond acceptors (Lipinski definition) is 2. The first-order valence-corrected chi connectivity index (χ1v) is 4.79. The summed E-state index contributed by atoms with van der Waals surface area (Å²) in [5.74, 6) is -0.565. The van der Waals surface area contributed by atoms with E-state index in [1.165, 1.54) is 12.1 Å². The van der Waals surface area contributed by atoms with Crippen LogP contribution in [0.15, 0.2) is 16.6 Å². The zero-order valence-corrected chi connectivity index (χ0v) is 10.0. The molecule has 1 aromatic carbocycles. The number of halogens is 3. The normalized spacial score (nSPS) is 12.0. The minimum atomic E-state index is -0.463. The van der Waals surface area contributed by atoms with Gasteiger partial charge in [0.2, 0.25) is 0 Å². The first-order chi connectivity index (χ1) is 6.07. The molecule has 0 unspecified atom stereocenters. The first kappa shape index (κ1) is 13.7. The quantitative estimate of drug-likeness (QED) is 0.876. The van der Waals surface area contributed by atoms with Gasteiger partial charge in [-0.05, 0) is 34.5 Å². The van der Waals surface area contributed by atoms with Gasteiger partial charge in [-0.25, -0.2) is 4.39 Å². The van der Waals surface area contributed by atoms with E-state index in [1.807, 2.05) is 6.92 Å². The molecule has 0 radical (unpaired) electrons. The maximum absolute atomic E-state index is 13.2.